The maximum Gasteiger partial charge on any atom is 0.416 e. The topological polar surface area (TPSA) is 83.0 Å². The van der Waals surface area contributed by atoms with Gasteiger partial charge in [0.05, 0.1) is 10.9 Å². The molecule has 0 fully saturated rings. The lowest BCUT2D eigenvalue weighted by Gasteiger charge is -2.09. The minimum Gasteiger partial charge on any atom is -0.485 e. The van der Waals surface area contributed by atoms with Gasteiger partial charge in [0.1, 0.15) is 23.5 Å². The maximum atomic E-state index is 12.7. The fraction of sp³-hybridized carbons (Fsp3) is 0.208. The van der Waals surface area contributed by atoms with Crippen LogP contribution in [-0.2, 0) is 6.18 Å². The minimum absolute atomic E-state index is 0.150. The average Bonchev–Trinajstić information content (AvgIpc) is 3.19. The van der Waals surface area contributed by atoms with Gasteiger partial charge in [-0.2, -0.15) is 13.2 Å². The number of benzene rings is 2. The van der Waals surface area contributed by atoms with E-state index >= 15 is 0 Å². The SMILES string of the molecule is CC(C)n1cc(-c2ccc(OCC(=O)c3ccc(C(F)(F)F)cc3)cc2)c2c(N)ncnc21. The summed E-state index contributed by atoms with van der Waals surface area (Å²) in [6, 6.07) is 11.3. The van der Waals surface area contributed by atoms with Crippen LogP contribution in [0, 0.1) is 0 Å². The third kappa shape index (κ3) is 4.52. The molecule has 2 heterocycles. The lowest BCUT2D eigenvalue weighted by atomic mass is 10.1. The van der Waals surface area contributed by atoms with Crippen LogP contribution in [0.5, 0.6) is 5.75 Å². The third-order valence-corrected chi connectivity index (χ3v) is 5.26. The van der Waals surface area contributed by atoms with Crippen LogP contribution < -0.4 is 10.5 Å². The Morgan fingerprint density at radius 2 is 1.73 bits per heavy atom. The van der Waals surface area contributed by atoms with Gasteiger partial charge in [-0.1, -0.05) is 24.3 Å². The highest BCUT2D eigenvalue weighted by Crippen LogP contribution is 2.35. The van der Waals surface area contributed by atoms with Crippen LogP contribution in [0.25, 0.3) is 22.2 Å². The molecule has 0 atom stereocenters. The van der Waals surface area contributed by atoms with Crippen LogP contribution in [0.15, 0.2) is 61.1 Å². The molecule has 0 saturated heterocycles. The number of ketones is 1. The first-order valence-electron chi connectivity index (χ1n) is 10.2. The lowest BCUT2D eigenvalue weighted by Crippen LogP contribution is -2.12. The Balaban J connectivity index is 1.50. The number of Topliss-reactive ketones (excluding diaryl/α,β-unsaturated/α-hetero) is 1. The lowest BCUT2D eigenvalue weighted by molar-refractivity contribution is -0.137. The molecule has 0 aliphatic heterocycles. The van der Waals surface area contributed by atoms with Crippen LogP contribution in [0.1, 0.15) is 35.8 Å². The number of aromatic nitrogens is 3. The quantitative estimate of drug-likeness (QED) is 0.387. The van der Waals surface area contributed by atoms with Crippen molar-refractivity contribution >= 4 is 22.6 Å². The number of carbonyl (C=O) groups is 1. The van der Waals surface area contributed by atoms with Gasteiger partial charge < -0.3 is 15.0 Å². The van der Waals surface area contributed by atoms with E-state index in [9.17, 15) is 18.0 Å². The first-order chi connectivity index (χ1) is 15.6. The number of carbonyl (C=O) groups excluding carboxylic acids is 1. The van der Waals surface area contributed by atoms with E-state index in [1.807, 2.05) is 36.7 Å². The van der Waals surface area contributed by atoms with Crippen LogP contribution in [0.2, 0.25) is 0 Å². The van der Waals surface area contributed by atoms with E-state index in [1.54, 1.807) is 12.1 Å². The predicted octanol–water partition coefficient (Wildman–Crippen LogP) is 5.54. The highest BCUT2D eigenvalue weighted by Gasteiger charge is 2.30. The number of nitrogen functional groups attached to an aromatic ring is 1. The maximum absolute atomic E-state index is 12.7. The number of ether oxygens (including phenoxy) is 1. The number of hydrogen-bond acceptors (Lipinski definition) is 5. The summed E-state index contributed by atoms with van der Waals surface area (Å²) in [7, 11) is 0. The van der Waals surface area contributed by atoms with Gasteiger partial charge in [0.15, 0.2) is 12.4 Å². The first-order valence-corrected chi connectivity index (χ1v) is 10.2. The van der Waals surface area contributed by atoms with Gasteiger partial charge in [0.2, 0.25) is 0 Å². The number of fused-ring (bicyclic) bond motifs is 1. The molecule has 2 aromatic heterocycles. The van der Waals surface area contributed by atoms with Crippen molar-refractivity contribution in [1.82, 2.24) is 14.5 Å². The van der Waals surface area contributed by atoms with E-state index in [0.717, 1.165) is 46.4 Å². The van der Waals surface area contributed by atoms with Crippen LogP contribution in [0.3, 0.4) is 0 Å². The molecule has 4 aromatic rings. The summed E-state index contributed by atoms with van der Waals surface area (Å²) < 4.78 is 45.6. The van der Waals surface area contributed by atoms with Gasteiger partial charge in [0.25, 0.3) is 0 Å². The Bertz CT molecular complexity index is 1290. The second-order valence-corrected chi connectivity index (χ2v) is 7.81. The van der Waals surface area contributed by atoms with Gasteiger partial charge in [0, 0.05) is 23.4 Å². The van der Waals surface area contributed by atoms with E-state index in [2.05, 4.69) is 9.97 Å². The summed E-state index contributed by atoms with van der Waals surface area (Å²) in [4.78, 5) is 20.8. The number of hydrogen-bond donors (Lipinski definition) is 1. The number of halogens is 3. The molecule has 0 saturated carbocycles. The van der Waals surface area contributed by atoms with Crippen molar-refractivity contribution in [3.63, 3.8) is 0 Å². The van der Waals surface area contributed by atoms with E-state index in [4.69, 9.17) is 10.5 Å². The van der Waals surface area contributed by atoms with Crippen LogP contribution >= 0.6 is 0 Å². The number of nitrogens with two attached hydrogens (primary N) is 1. The van der Waals surface area contributed by atoms with Crippen molar-refractivity contribution in [1.29, 1.82) is 0 Å². The molecule has 0 radical (unpaired) electrons. The third-order valence-electron chi connectivity index (χ3n) is 5.26. The first kappa shape index (κ1) is 22.3. The smallest absolute Gasteiger partial charge is 0.416 e. The van der Waals surface area contributed by atoms with E-state index < -0.39 is 17.5 Å². The largest absolute Gasteiger partial charge is 0.485 e. The van der Waals surface area contributed by atoms with Crippen molar-refractivity contribution in [2.24, 2.45) is 0 Å². The van der Waals surface area contributed by atoms with E-state index in [0.29, 0.717) is 11.6 Å². The second kappa shape index (κ2) is 8.57. The normalized spacial score (nSPS) is 11.8. The zero-order valence-corrected chi connectivity index (χ0v) is 17.9. The monoisotopic (exact) mass is 454 g/mol. The zero-order valence-electron chi connectivity index (χ0n) is 17.9. The standard InChI is InChI=1S/C24H21F3N4O2/c1-14(2)31-11-19(21-22(28)29-13-30-23(21)31)15-5-9-18(10-6-15)33-12-20(32)16-3-7-17(8-4-16)24(25,26)27/h3-11,13-14H,12H2,1-2H3,(H2,28,29,30). The molecule has 2 N–H and O–H groups in total. The molecule has 0 aliphatic rings. The molecule has 6 nitrogen and oxygen atoms in total. The minimum atomic E-state index is -4.45. The molecular weight excluding hydrogens is 433 g/mol. The second-order valence-electron chi connectivity index (χ2n) is 7.81. The van der Waals surface area contributed by atoms with Gasteiger partial charge in [-0.15, -0.1) is 0 Å². The predicted molar refractivity (Wildman–Crippen MR) is 119 cm³/mol. The summed E-state index contributed by atoms with van der Waals surface area (Å²) in [6.45, 7) is 3.80. The van der Waals surface area contributed by atoms with Crippen molar-refractivity contribution in [3.05, 3.63) is 72.2 Å². The Kier molecular flexibility index (Phi) is 5.80. The van der Waals surface area contributed by atoms with Gasteiger partial charge in [-0.3, -0.25) is 4.79 Å². The average molecular weight is 454 g/mol. The highest BCUT2D eigenvalue weighted by molar-refractivity contribution is 6.00. The molecule has 4 rings (SSSR count). The van der Waals surface area contributed by atoms with Crippen molar-refractivity contribution in [2.45, 2.75) is 26.1 Å². The number of nitrogens with zero attached hydrogens (tertiary/aromatic N) is 3. The van der Waals surface area contributed by atoms with Crippen molar-refractivity contribution < 1.29 is 22.7 Å². The Labute approximate surface area is 187 Å². The molecular formula is C24H21F3N4O2. The van der Waals surface area contributed by atoms with Gasteiger partial charge >= 0.3 is 6.18 Å². The molecule has 2 aromatic carbocycles. The molecule has 0 spiro atoms. The number of rotatable bonds is 6. The van der Waals surface area contributed by atoms with E-state index in [-0.39, 0.29) is 18.2 Å². The summed E-state index contributed by atoms with van der Waals surface area (Å²) in [5.41, 5.74) is 7.96. The van der Waals surface area contributed by atoms with Crippen molar-refractivity contribution in [2.75, 3.05) is 12.3 Å². The molecule has 0 bridgehead atoms. The summed E-state index contributed by atoms with van der Waals surface area (Å²) in [5.74, 6) is 0.422. The Hall–Kier alpha value is -3.88. The van der Waals surface area contributed by atoms with Crippen LogP contribution in [0.4, 0.5) is 19.0 Å². The van der Waals surface area contributed by atoms with Crippen molar-refractivity contribution in [3.8, 4) is 16.9 Å². The molecule has 0 amide bonds. The fourth-order valence-electron chi connectivity index (χ4n) is 3.53. The molecule has 9 heteroatoms. The fourth-order valence-corrected chi connectivity index (χ4v) is 3.53. The summed E-state index contributed by atoms with van der Waals surface area (Å²) in [5, 5.41) is 0.761. The highest BCUT2D eigenvalue weighted by atomic mass is 19.4. The Morgan fingerprint density at radius 1 is 1.06 bits per heavy atom. The molecule has 0 unspecified atom stereocenters. The number of alkyl halides is 3. The summed E-state index contributed by atoms with van der Waals surface area (Å²) in [6.07, 6.45) is -1.03. The molecule has 33 heavy (non-hydrogen) atoms. The number of anilines is 1. The molecule has 170 valence electrons. The van der Waals surface area contributed by atoms with E-state index in [1.165, 1.54) is 6.33 Å². The summed E-state index contributed by atoms with van der Waals surface area (Å²) >= 11 is 0. The van der Waals surface area contributed by atoms with Crippen LogP contribution in [-0.4, -0.2) is 26.9 Å². The Morgan fingerprint density at radius 3 is 2.33 bits per heavy atom. The molecule has 0 aliphatic carbocycles. The zero-order chi connectivity index (χ0) is 23.8. The van der Waals surface area contributed by atoms with Gasteiger partial charge in [-0.05, 0) is 43.7 Å². The van der Waals surface area contributed by atoms with Gasteiger partial charge in [-0.25, -0.2) is 9.97 Å².